The first-order chi connectivity index (χ1) is 7.84. The van der Waals surface area contributed by atoms with Crippen molar-refractivity contribution in [2.75, 3.05) is 6.54 Å². The van der Waals surface area contributed by atoms with Crippen LogP contribution in [0.4, 0.5) is 0 Å². The lowest BCUT2D eigenvalue weighted by molar-refractivity contribution is 0.186. The van der Waals surface area contributed by atoms with Crippen molar-refractivity contribution in [2.45, 2.75) is 24.3 Å². The maximum absolute atomic E-state index is 11.9. The second-order valence-electron chi connectivity index (χ2n) is 3.59. The summed E-state index contributed by atoms with van der Waals surface area (Å²) in [5.74, 6) is 0. The van der Waals surface area contributed by atoms with Gasteiger partial charge in [-0.2, -0.15) is 0 Å². The molecule has 17 heavy (non-hydrogen) atoms. The molecule has 1 unspecified atom stereocenters. The molecule has 0 saturated carbocycles. The summed E-state index contributed by atoms with van der Waals surface area (Å²) < 4.78 is 26.1. The highest BCUT2D eigenvalue weighted by molar-refractivity contribution is 7.89. The molecule has 0 aliphatic heterocycles. The van der Waals surface area contributed by atoms with Gasteiger partial charge in [-0.15, -0.1) is 0 Å². The lowest BCUT2D eigenvalue weighted by atomic mass is 10.3. The van der Waals surface area contributed by atoms with Crippen LogP contribution in [-0.4, -0.2) is 26.2 Å². The van der Waals surface area contributed by atoms with Crippen LogP contribution in [0.25, 0.3) is 0 Å². The van der Waals surface area contributed by atoms with Gasteiger partial charge in [0.05, 0.1) is 16.1 Å². The van der Waals surface area contributed by atoms with Gasteiger partial charge in [-0.25, -0.2) is 13.1 Å². The Labute approximate surface area is 111 Å². The van der Waals surface area contributed by atoms with Crippen LogP contribution in [0.2, 0.25) is 10.0 Å². The fraction of sp³-hybridized carbons (Fsp3) is 0.400. The summed E-state index contributed by atoms with van der Waals surface area (Å²) in [6.07, 6.45) is -0.249. The van der Waals surface area contributed by atoms with Gasteiger partial charge >= 0.3 is 0 Å². The Morgan fingerprint density at radius 3 is 2.35 bits per heavy atom. The average Bonchev–Trinajstić information content (AvgIpc) is 2.15. The Hall–Kier alpha value is -0.330. The van der Waals surface area contributed by atoms with Crippen LogP contribution in [0.5, 0.6) is 0 Å². The van der Waals surface area contributed by atoms with Crippen molar-refractivity contribution in [3.8, 4) is 0 Å². The van der Waals surface area contributed by atoms with E-state index < -0.39 is 16.1 Å². The molecule has 0 amide bonds. The highest BCUT2D eigenvalue weighted by atomic mass is 35.5. The molecule has 0 spiro atoms. The fourth-order valence-electron chi connectivity index (χ4n) is 1.21. The smallest absolute Gasteiger partial charge is 0.243 e. The first-order valence-electron chi connectivity index (χ1n) is 4.96. The van der Waals surface area contributed by atoms with Gasteiger partial charge < -0.3 is 5.11 Å². The maximum Gasteiger partial charge on any atom is 0.243 e. The zero-order chi connectivity index (χ0) is 13.1. The Bertz CT molecular complexity index is 468. The molecule has 1 rings (SSSR count). The SMILES string of the molecule is CC(O)CCNS(=O)(=O)c1c(Cl)cccc1Cl. The van der Waals surface area contributed by atoms with Crippen LogP contribution < -0.4 is 4.72 Å². The van der Waals surface area contributed by atoms with Gasteiger partial charge in [0.2, 0.25) is 10.0 Å². The molecule has 0 aliphatic carbocycles. The molecule has 1 aromatic rings. The molecular formula is C10H13Cl2NO3S. The molecule has 0 bridgehead atoms. The molecule has 1 atom stereocenters. The predicted octanol–water partition coefficient (Wildman–Crippen LogP) is 2.04. The van der Waals surface area contributed by atoms with Gasteiger partial charge in [-0.1, -0.05) is 29.3 Å². The summed E-state index contributed by atoms with van der Waals surface area (Å²) >= 11 is 11.6. The highest BCUT2D eigenvalue weighted by Gasteiger charge is 2.20. The quantitative estimate of drug-likeness (QED) is 0.874. The Morgan fingerprint density at radius 1 is 1.35 bits per heavy atom. The van der Waals surface area contributed by atoms with E-state index in [1.807, 2.05) is 0 Å². The average molecular weight is 298 g/mol. The van der Waals surface area contributed by atoms with Crippen molar-refractivity contribution < 1.29 is 13.5 Å². The van der Waals surface area contributed by atoms with E-state index in [2.05, 4.69) is 4.72 Å². The number of sulfonamides is 1. The van der Waals surface area contributed by atoms with E-state index in [1.54, 1.807) is 13.0 Å². The van der Waals surface area contributed by atoms with Gasteiger partial charge in [-0.3, -0.25) is 0 Å². The minimum absolute atomic E-state index is 0.0713. The van der Waals surface area contributed by atoms with E-state index in [0.717, 1.165) is 0 Å². The van der Waals surface area contributed by atoms with Crippen molar-refractivity contribution in [1.82, 2.24) is 4.72 Å². The number of rotatable bonds is 5. The summed E-state index contributed by atoms with van der Waals surface area (Å²) in [6.45, 7) is 1.71. The largest absolute Gasteiger partial charge is 0.393 e. The Kier molecular flexibility index (Phi) is 5.22. The van der Waals surface area contributed by atoms with Crippen LogP contribution in [-0.2, 0) is 10.0 Å². The van der Waals surface area contributed by atoms with Gasteiger partial charge in [0, 0.05) is 6.54 Å². The minimum atomic E-state index is -3.74. The number of halogens is 2. The monoisotopic (exact) mass is 297 g/mol. The van der Waals surface area contributed by atoms with E-state index >= 15 is 0 Å². The second-order valence-corrected chi connectivity index (χ2v) is 6.10. The summed E-state index contributed by atoms with van der Waals surface area (Å²) in [4.78, 5) is -0.131. The molecule has 0 fully saturated rings. The molecule has 2 N–H and O–H groups in total. The Balaban J connectivity index is 2.90. The standard InChI is InChI=1S/C10H13Cl2NO3S/c1-7(14)5-6-13-17(15,16)10-8(11)3-2-4-9(10)12/h2-4,7,13-14H,5-6H2,1H3. The lowest BCUT2D eigenvalue weighted by Gasteiger charge is -2.10. The molecule has 1 aromatic carbocycles. The lowest BCUT2D eigenvalue weighted by Crippen LogP contribution is -2.27. The number of nitrogens with one attached hydrogen (secondary N) is 1. The minimum Gasteiger partial charge on any atom is -0.393 e. The molecule has 0 heterocycles. The first kappa shape index (κ1) is 14.7. The molecule has 7 heteroatoms. The summed E-state index contributed by atoms with van der Waals surface area (Å²) in [5, 5.41) is 9.18. The van der Waals surface area contributed by atoms with Gasteiger partial charge in [-0.05, 0) is 25.5 Å². The van der Waals surface area contributed by atoms with Gasteiger partial charge in [0.1, 0.15) is 4.90 Å². The third-order valence-corrected chi connectivity index (χ3v) is 4.46. The van der Waals surface area contributed by atoms with Gasteiger partial charge in [0.15, 0.2) is 0 Å². The van der Waals surface area contributed by atoms with Gasteiger partial charge in [0.25, 0.3) is 0 Å². The van der Waals surface area contributed by atoms with E-state index in [9.17, 15) is 8.42 Å². The van der Waals surface area contributed by atoms with E-state index in [4.69, 9.17) is 28.3 Å². The van der Waals surface area contributed by atoms with E-state index in [-0.39, 0.29) is 21.5 Å². The molecule has 0 saturated heterocycles. The third kappa shape index (κ3) is 4.12. The Morgan fingerprint density at radius 2 is 1.88 bits per heavy atom. The fourth-order valence-corrected chi connectivity index (χ4v) is 3.40. The van der Waals surface area contributed by atoms with E-state index in [0.29, 0.717) is 6.42 Å². The number of hydrogen-bond donors (Lipinski definition) is 2. The molecular weight excluding hydrogens is 285 g/mol. The van der Waals surface area contributed by atoms with Crippen molar-refractivity contribution in [3.05, 3.63) is 28.2 Å². The maximum atomic E-state index is 11.9. The second kappa shape index (κ2) is 6.02. The van der Waals surface area contributed by atoms with Crippen molar-refractivity contribution in [1.29, 1.82) is 0 Å². The molecule has 0 aliphatic rings. The number of aliphatic hydroxyl groups excluding tert-OH is 1. The molecule has 0 radical (unpaired) electrons. The van der Waals surface area contributed by atoms with Crippen molar-refractivity contribution >= 4 is 33.2 Å². The summed E-state index contributed by atoms with van der Waals surface area (Å²) in [7, 11) is -3.74. The van der Waals surface area contributed by atoms with Crippen LogP contribution >= 0.6 is 23.2 Å². The van der Waals surface area contributed by atoms with Crippen molar-refractivity contribution in [2.24, 2.45) is 0 Å². The van der Waals surface area contributed by atoms with Crippen LogP contribution in [0.3, 0.4) is 0 Å². The van der Waals surface area contributed by atoms with E-state index in [1.165, 1.54) is 12.1 Å². The summed E-state index contributed by atoms with van der Waals surface area (Å²) in [5.41, 5.74) is 0. The molecule has 4 nitrogen and oxygen atoms in total. The zero-order valence-electron chi connectivity index (χ0n) is 9.15. The zero-order valence-corrected chi connectivity index (χ0v) is 11.5. The topological polar surface area (TPSA) is 66.4 Å². The van der Waals surface area contributed by atoms with Crippen LogP contribution in [0.15, 0.2) is 23.1 Å². The first-order valence-corrected chi connectivity index (χ1v) is 7.20. The molecule has 96 valence electrons. The van der Waals surface area contributed by atoms with Crippen molar-refractivity contribution in [3.63, 3.8) is 0 Å². The summed E-state index contributed by atoms with van der Waals surface area (Å²) in [6, 6.07) is 4.48. The normalized spacial score (nSPS) is 13.6. The third-order valence-electron chi connectivity index (χ3n) is 2.04. The predicted molar refractivity (Wildman–Crippen MR) is 67.9 cm³/mol. The highest BCUT2D eigenvalue weighted by Crippen LogP contribution is 2.28. The molecule has 0 aromatic heterocycles. The number of hydrogen-bond acceptors (Lipinski definition) is 3. The number of benzene rings is 1. The number of aliphatic hydroxyl groups is 1. The van der Waals surface area contributed by atoms with Crippen LogP contribution in [0, 0.1) is 0 Å². The van der Waals surface area contributed by atoms with Crippen LogP contribution in [0.1, 0.15) is 13.3 Å².